The molecule has 0 saturated heterocycles. The van der Waals surface area contributed by atoms with Gasteiger partial charge >= 0.3 is 23.9 Å². The van der Waals surface area contributed by atoms with Crippen LogP contribution in [-0.2, 0) is 30.5 Å². The minimum atomic E-state index is -6.28. The van der Waals surface area contributed by atoms with Crippen molar-refractivity contribution in [2.45, 2.75) is 71.2 Å². The number of esters is 1. The number of benzene rings is 3. The third-order valence-electron chi connectivity index (χ3n) is 8.98. The van der Waals surface area contributed by atoms with Gasteiger partial charge < -0.3 is 4.74 Å². The fourth-order valence-electron chi connectivity index (χ4n) is 7.43. The van der Waals surface area contributed by atoms with Gasteiger partial charge in [-0.3, -0.25) is 9.35 Å². The van der Waals surface area contributed by atoms with Crippen LogP contribution >= 0.6 is 0 Å². The van der Waals surface area contributed by atoms with Gasteiger partial charge in [0.15, 0.2) is 14.7 Å². The summed E-state index contributed by atoms with van der Waals surface area (Å²) in [5, 5.41) is 0. The van der Waals surface area contributed by atoms with E-state index in [0.29, 0.717) is 0 Å². The fourth-order valence-corrected chi connectivity index (χ4v) is 10.4. The Labute approximate surface area is 266 Å². The maximum absolute atomic E-state index is 13.4. The molecular weight excluding hydrogens is 654 g/mol. The highest BCUT2D eigenvalue weighted by atomic mass is 32.2. The SMILES string of the molecule is O=C(OC(CS(=O)(=O)O)(C(F)(F)F)C(F)(F)F)C12CC3CC(CC(C3)C1)C2.c1ccc([S+](c2ccccc2)c2ccccc2)cc1. The van der Waals surface area contributed by atoms with Crippen molar-refractivity contribution in [1.82, 2.24) is 0 Å². The second kappa shape index (κ2) is 12.9. The van der Waals surface area contributed by atoms with E-state index >= 15 is 0 Å². The van der Waals surface area contributed by atoms with Crippen LogP contribution < -0.4 is 0 Å². The molecule has 0 aromatic heterocycles. The van der Waals surface area contributed by atoms with Crippen LogP contribution in [0.25, 0.3) is 0 Å². The molecule has 4 bridgehead atoms. The number of alkyl halides is 6. The number of rotatable bonds is 7. The van der Waals surface area contributed by atoms with Crippen molar-refractivity contribution in [3.8, 4) is 0 Å². The predicted molar refractivity (Wildman–Crippen MR) is 159 cm³/mol. The summed E-state index contributed by atoms with van der Waals surface area (Å²) in [5.41, 5.74) is -6.77. The van der Waals surface area contributed by atoms with E-state index in [1.165, 1.54) is 14.7 Å². The molecule has 13 heteroatoms. The Hall–Kier alpha value is -3.03. The number of carbonyl (C=O) groups is 1. The quantitative estimate of drug-likeness (QED) is 0.117. The van der Waals surface area contributed by atoms with Gasteiger partial charge in [0.2, 0.25) is 0 Å². The molecule has 7 rings (SSSR count). The lowest BCUT2D eigenvalue weighted by atomic mass is 9.49. The first-order valence-electron chi connectivity index (χ1n) is 14.7. The molecule has 3 aromatic rings. The monoisotopic (exact) mass is 687 g/mol. The minimum Gasteiger partial charge on any atom is -0.438 e. The van der Waals surface area contributed by atoms with Crippen LogP contribution in [0.5, 0.6) is 0 Å². The number of ether oxygens (including phenoxy) is 1. The van der Waals surface area contributed by atoms with Crippen LogP contribution in [0.1, 0.15) is 38.5 Å². The molecule has 0 spiro atoms. The molecular formula is C33H33F6O5S2+. The van der Waals surface area contributed by atoms with E-state index in [1.54, 1.807) is 0 Å². The zero-order chi connectivity index (χ0) is 33.4. The highest BCUT2D eigenvalue weighted by Gasteiger charge is 2.76. The van der Waals surface area contributed by atoms with Gasteiger partial charge in [-0.25, -0.2) is 0 Å². The van der Waals surface area contributed by atoms with Crippen molar-refractivity contribution < 1.29 is 48.8 Å². The molecule has 4 aliphatic carbocycles. The first kappa shape index (κ1) is 34.3. The average molecular weight is 688 g/mol. The fraction of sp³-hybridized carbons (Fsp3) is 0.424. The first-order chi connectivity index (χ1) is 21.5. The lowest BCUT2D eigenvalue weighted by molar-refractivity contribution is -0.364. The van der Waals surface area contributed by atoms with Crippen molar-refractivity contribution in [3.05, 3.63) is 91.0 Å². The Morgan fingerprint density at radius 2 is 1.02 bits per heavy atom. The smallest absolute Gasteiger partial charge is 0.438 e. The molecule has 0 amide bonds. The first-order valence-corrected chi connectivity index (χ1v) is 17.6. The summed E-state index contributed by atoms with van der Waals surface area (Å²) in [6.07, 6.45) is -9.82. The number of hydrogen-bond acceptors (Lipinski definition) is 4. The van der Waals surface area contributed by atoms with Crippen LogP contribution in [0, 0.1) is 23.2 Å². The van der Waals surface area contributed by atoms with Gasteiger partial charge in [-0.2, -0.15) is 34.8 Å². The summed E-state index contributed by atoms with van der Waals surface area (Å²) in [6.45, 7) is 0. The van der Waals surface area contributed by atoms with Crippen molar-refractivity contribution in [2.75, 3.05) is 5.75 Å². The molecule has 1 N–H and O–H groups in total. The Bertz CT molecular complexity index is 1450. The zero-order valence-corrected chi connectivity index (χ0v) is 26.1. The van der Waals surface area contributed by atoms with Crippen LogP contribution in [-0.4, -0.2) is 42.6 Å². The molecule has 46 heavy (non-hydrogen) atoms. The molecule has 0 atom stereocenters. The highest BCUT2D eigenvalue weighted by molar-refractivity contribution is 7.97. The van der Waals surface area contributed by atoms with Gasteiger partial charge in [-0.15, -0.1) is 0 Å². The van der Waals surface area contributed by atoms with Crippen molar-refractivity contribution in [2.24, 2.45) is 23.2 Å². The second-order valence-corrected chi connectivity index (χ2v) is 15.9. The minimum absolute atomic E-state index is 0.0146. The van der Waals surface area contributed by atoms with Gasteiger partial charge in [-0.1, -0.05) is 54.6 Å². The topological polar surface area (TPSA) is 80.7 Å². The largest absolute Gasteiger partial charge is 0.438 e. The second-order valence-electron chi connectivity index (χ2n) is 12.4. The summed E-state index contributed by atoms with van der Waals surface area (Å²) >= 11 is 0. The molecule has 0 heterocycles. The lowest BCUT2D eigenvalue weighted by Crippen LogP contribution is -2.65. The predicted octanol–water partition coefficient (Wildman–Crippen LogP) is 8.28. The molecule has 0 unspecified atom stereocenters. The van der Waals surface area contributed by atoms with E-state index in [0.717, 1.165) is 19.3 Å². The number of carbonyl (C=O) groups excluding carboxylic acids is 1. The molecule has 4 saturated carbocycles. The van der Waals surface area contributed by atoms with Crippen LogP contribution in [0.2, 0.25) is 0 Å². The van der Waals surface area contributed by atoms with Crippen LogP contribution in [0.4, 0.5) is 26.3 Å². The van der Waals surface area contributed by atoms with Crippen LogP contribution in [0.15, 0.2) is 106 Å². The van der Waals surface area contributed by atoms with Gasteiger partial charge in [0.05, 0.1) is 16.3 Å². The summed E-state index contributed by atoms with van der Waals surface area (Å²) < 4.78 is 115. The van der Waals surface area contributed by atoms with Crippen molar-refractivity contribution >= 4 is 27.0 Å². The van der Waals surface area contributed by atoms with Gasteiger partial charge in [0.1, 0.15) is 5.75 Å². The summed E-state index contributed by atoms with van der Waals surface area (Å²) in [6, 6.07) is 32.2. The molecule has 4 fully saturated rings. The Kier molecular flexibility index (Phi) is 9.60. The third-order valence-corrected chi connectivity index (χ3v) is 12.0. The molecule has 0 radical (unpaired) electrons. The van der Waals surface area contributed by atoms with E-state index in [4.69, 9.17) is 4.55 Å². The molecule has 5 nitrogen and oxygen atoms in total. The maximum Gasteiger partial charge on any atom is 0.438 e. The molecule has 248 valence electrons. The van der Waals surface area contributed by atoms with E-state index in [1.807, 2.05) is 0 Å². The van der Waals surface area contributed by atoms with E-state index in [-0.39, 0.29) is 47.9 Å². The lowest BCUT2D eigenvalue weighted by Gasteiger charge is -2.55. The normalized spacial score (nSPS) is 24.3. The third kappa shape index (κ3) is 7.26. The molecule has 4 aliphatic rings. The van der Waals surface area contributed by atoms with Gasteiger partial charge in [0.25, 0.3) is 10.1 Å². The van der Waals surface area contributed by atoms with Crippen LogP contribution in [0.3, 0.4) is 0 Å². The van der Waals surface area contributed by atoms with E-state index in [9.17, 15) is 39.6 Å². The molecule has 0 aliphatic heterocycles. The standard InChI is InChI=1S/C18H15S.C15H18F6O5S/c1-4-10-16(11-5-1)19(17-12-6-2-7-13-17)18-14-8-3-9-15-18;16-14(17,18)13(15(19,20)21,7-27(23,24)25)26-11(22)12-4-8-1-9(5-12)3-10(2-8)6-12/h1-15H;8-10H,1-7H2,(H,23,24,25)/q+1;. The van der Waals surface area contributed by atoms with E-state index in [2.05, 4.69) is 95.7 Å². The Morgan fingerprint density at radius 3 is 1.30 bits per heavy atom. The molecule has 3 aromatic carbocycles. The van der Waals surface area contributed by atoms with Crippen molar-refractivity contribution in [3.63, 3.8) is 0 Å². The van der Waals surface area contributed by atoms with Gasteiger partial charge in [-0.05, 0) is 92.7 Å². The highest BCUT2D eigenvalue weighted by Crippen LogP contribution is 2.61. The van der Waals surface area contributed by atoms with Gasteiger partial charge in [0, 0.05) is 0 Å². The number of hydrogen-bond donors (Lipinski definition) is 1. The summed E-state index contributed by atoms with van der Waals surface area (Å²) in [4.78, 5) is 16.7. The Balaban J connectivity index is 0.000000192. The maximum atomic E-state index is 13.4. The summed E-state index contributed by atoms with van der Waals surface area (Å²) in [7, 11) is -5.78. The zero-order valence-electron chi connectivity index (χ0n) is 24.5. The van der Waals surface area contributed by atoms with Crippen molar-refractivity contribution in [1.29, 1.82) is 0 Å². The average Bonchev–Trinajstić information content (AvgIpc) is 2.96. The van der Waals surface area contributed by atoms with E-state index < -0.39 is 45.2 Å². The summed E-state index contributed by atoms with van der Waals surface area (Å²) in [5.74, 6) is -4.39. The number of halogens is 6. The Morgan fingerprint density at radius 1 is 0.696 bits per heavy atom.